The third kappa shape index (κ3) is 2.72. The highest BCUT2D eigenvalue weighted by molar-refractivity contribution is 5.64. The number of nitrogens with zero attached hydrogens (tertiary/aromatic N) is 1. The Labute approximate surface area is 101 Å². The van der Waals surface area contributed by atoms with Gasteiger partial charge in [0, 0.05) is 0 Å². The van der Waals surface area contributed by atoms with Crippen LogP contribution in [0.3, 0.4) is 0 Å². The summed E-state index contributed by atoms with van der Waals surface area (Å²) in [5.41, 5.74) is 9.74. The summed E-state index contributed by atoms with van der Waals surface area (Å²) in [4.78, 5) is 0. The largest absolute Gasteiger partial charge is 0.330 e. The van der Waals surface area contributed by atoms with Gasteiger partial charge in [0.05, 0.1) is 11.6 Å². The Hall–Kier alpha value is -2.11. The first kappa shape index (κ1) is 11.4. The predicted molar refractivity (Wildman–Crippen MR) is 69.4 cm³/mol. The van der Waals surface area contributed by atoms with Gasteiger partial charge in [0.25, 0.3) is 0 Å². The van der Waals surface area contributed by atoms with Crippen molar-refractivity contribution in [1.29, 1.82) is 5.26 Å². The van der Waals surface area contributed by atoms with Crippen LogP contribution in [0.15, 0.2) is 48.5 Å². The highest BCUT2D eigenvalue weighted by atomic mass is 14.5. The van der Waals surface area contributed by atoms with Gasteiger partial charge >= 0.3 is 0 Å². The predicted octanol–water partition coefficient (Wildman–Crippen LogP) is 2.73. The average molecular weight is 222 g/mol. The Morgan fingerprint density at radius 3 is 1.88 bits per heavy atom. The monoisotopic (exact) mass is 222 g/mol. The summed E-state index contributed by atoms with van der Waals surface area (Å²) in [6.07, 6.45) is 0.910. The summed E-state index contributed by atoms with van der Waals surface area (Å²) in [6.45, 7) is 0.677. The van der Waals surface area contributed by atoms with Crippen LogP contribution in [0.1, 0.15) is 11.1 Å². The van der Waals surface area contributed by atoms with E-state index in [9.17, 15) is 0 Å². The number of benzene rings is 2. The van der Waals surface area contributed by atoms with Crippen LogP contribution in [0, 0.1) is 11.3 Å². The molecule has 0 fully saturated rings. The Morgan fingerprint density at radius 1 is 0.882 bits per heavy atom. The third-order valence-corrected chi connectivity index (χ3v) is 2.73. The van der Waals surface area contributed by atoms with Crippen molar-refractivity contribution in [3.05, 3.63) is 59.7 Å². The zero-order chi connectivity index (χ0) is 12.1. The van der Waals surface area contributed by atoms with E-state index in [-0.39, 0.29) is 0 Å². The molecule has 0 atom stereocenters. The summed E-state index contributed by atoms with van der Waals surface area (Å²) >= 11 is 0. The van der Waals surface area contributed by atoms with Crippen molar-refractivity contribution >= 4 is 0 Å². The Bertz CT molecular complexity index is 518. The topological polar surface area (TPSA) is 49.8 Å². The van der Waals surface area contributed by atoms with Crippen molar-refractivity contribution in [2.75, 3.05) is 6.54 Å². The van der Waals surface area contributed by atoms with Gasteiger partial charge in [-0.15, -0.1) is 0 Å². The van der Waals surface area contributed by atoms with E-state index >= 15 is 0 Å². The van der Waals surface area contributed by atoms with Gasteiger partial charge in [0.15, 0.2) is 0 Å². The molecule has 0 aliphatic rings. The van der Waals surface area contributed by atoms with Crippen LogP contribution in [0.4, 0.5) is 0 Å². The first-order chi connectivity index (χ1) is 8.33. The molecule has 17 heavy (non-hydrogen) atoms. The van der Waals surface area contributed by atoms with Gasteiger partial charge in [-0.2, -0.15) is 5.26 Å². The molecule has 0 amide bonds. The van der Waals surface area contributed by atoms with Crippen LogP contribution in [0.2, 0.25) is 0 Å². The molecule has 0 saturated carbocycles. The van der Waals surface area contributed by atoms with E-state index in [0.717, 1.165) is 17.5 Å². The van der Waals surface area contributed by atoms with E-state index in [1.54, 1.807) is 0 Å². The van der Waals surface area contributed by atoms with E-state index in [4.69, 9.17) is 11.0 Å². The van der Waals surface area contributed by atoms with Gasteiger partial charge in [-0.3, -0.25) is 0 Å². The number of hydrogen-bond donors (Lipinski definition) is 1. The first-order valence-corrected chi connectivity index (χ1v) is 5.63. The van der Waals surface area contributed by atoms with Crippen molar-refractivity contribution in [2.45, 2.75) is 6.42 Å². The molecule has 0 aliphatic carbocycles. The van der Waals surface area contributed by atoms with Crippen LogP contribution in [-0.2, 0) is 6.42 Å². The Kier molecular flexibility index (Phi) is 3.54. The molecule has 0 heterocycles. The smallest absolute Gasteiger partial charge is 0.0991 e. The molecule has 0 aromatic heterocycles. The normalized spacial score (nSPS) is 9.88. The summed E-state index contributed by atoms with van der Waals surface area (Å²) in [5, 5.41) is 8.73. The van der Waals surface area contributed by atoms with Crippen LogP contribution in [0.25, 0.3) is 11.1 Å². The third-order valence-electron chi connectivity index (χ3n) is 2.73. The fraction of sp³-hybridized carbons (Fsp3) is 0.133. The zero-order valence-electron chi connectivity index (χ0n) is 9.56. The highest BCUT2D eigenvalue weighted by Crippen LogP contribution is 2.20. The average Bonchev–Trinajstić information content (AvgIpc) is 2.40. The fourth-order valence-corrected chi connectivity index (χ4v) is 1.77. The van der Waals surface area contributed by atoms with Gasteiger partial charge in [-0.05, 0) is 41.8 Å². The number of rotatable bonds is 3. The molecule has 0 radical (unpaired) electrons. The lowest BCUT2D eigenvalue weighted by atomic mass is 10.0. The highest BCUT2D eigenvalue weighted by Gasteiger charge is 1.98. The van der Waals surface area contributed by atoms with Crippen LogP contribution in [-0.4, -0.2) is 6.54 Å². The van der Waals surface area contributed by atoms with Crippen molar-refractivity contribution in [2.24, 2.45) is 5.73 Å². The van der Waals surface area contributed by atoms with E-state index in [1.807, 2.05) is 24.3 Å². The molecule has 0 saturated heterocycles. The lowest BCUT2D eigenvalue weighted by Gasteiger charge is -2.03. The maximum Gasteiger partial charge on any atom is 0.0991 e. The number of nitrogens with two attached hydrogens (primary N) is 1. The van der Waals surface area contributed by atoms with Gasteiger partial charge < -0.3 is 5.73 Å². The second-order valence-corrected chi connectivity index (χ2v) is 3.92. The van der Waals surface area contributed by atoms with E-state index in [2.05, 4.69) is 30.3 Å². The molecule has 2 aromatic rings. The molecule has 2 rings (SSSR count). The standard InChI is InChI=1S/C15H14N2/c16-10-9-12-1-5-14(6-2-12)15-7-3-13(11-17)4-8-15/h1-8H,9-10,16H2. The SMILES string of the molecule is N#Cc1ccc(-c2ccc(CCN)cc2)cc1. The van der Waals surface area contributed by atoms with Crippen LogP contribution < -0.4 is 5.73 Å². The van der Waals surface area contributed by atoms with Crippen LogP contribution >= 0.6 is 0 Å². The maximum absolute atomic E-state index is 8.73. The molecule has 2 nitrogen and oxygen atoms in total. The van der Waals surface area contributed by atoms with Crippen LogP contribution in [0.5, 0.6) is 0 Å². The second kappa shape index (κ2) is 5.29. The molecular weight excluding hydrogens is 208 g/mol. The first-order valence-electron chi connectivity index (χ1n) is 5.63. The summed E-state index contributed by atoms with van der Waals surface area (Å²) < 4.78 is 0. The zero-order valence-corrected chi connectivity index (χ0v) is 9.56. The molecular formula is C15H14N2. The van der Waals surface area contributed by atoms with Gasteiger partial charge in [0.1, 0.15) is 0 Å². The second-order valence-electron chi connectivity index (χ2n) is 3.92. The maximum atomic E-state index is 8.73. The van der Waals surface area contributed by atoms with Crippen molar-refractivity contribution in [3.8, 4) is 17.2 Å². The number of hydrogen-bond acceptors (Lipinski definition) is 2. The molecule has 0 unspecified atom stereocenters. The summed E-state index contributed by atoms with van der Waals surface area (Å²) in [6, 6.07) is 18.1. The molecule has 0 spiro atoms. The summed E-state index contributed by atoms with van der Waals surface area (Å²) in [7, 11) is 0. The Balaban J connectivity index is 2.24. The molecule has 2 heteroatoms. The van der Waals surface area contributed by atoms with E-state index < -0.39 is 0 Å². The molecule has 2 N–H and O–H groups in total. The minimum atomic E-state index is 0.677. The lowest BCUT2D eigenvalue weighted by Crippen LogP contribution is -2.02. The number of nitriles is 1. The molecule has 0 bridgehead atoms. The quantitative estimate of drug-likeness (QED) is 0.868. The van der Waals surface area contributed by atoms with E-state index in [0.29, 0.717) is 12.1 Å². The van der Waals surface area contributed by atoms with Crippen molar-refractivity contribution < 1.29 is 0 Å². The van der Waals surface area contributed by atoms with Gasteiger partial charge in [-0.1, -0.05) is 36.4 Å². The van der Waals surface area contributed by atoms with Crippen molar-refractivity contribution in [3.63, 3.8) is 0 Å². The molecule has 2 aromatic carbocycles. The summed E-state index contributed by atoms with van der Waals surface area (Å²) in [5.74, 6) is 0. The Morgan fingerprint density at radius 2 is 1.41 bits per heavy atom. The fourth-order valence-electron chi connectivity index (χ4n) is 1.77. The molecule has 84 valence electrons. The molecule has 0 aliphatic heterocycles. The van der Waals surface area contributed by atoms with Gasteiger partial charge in [0.2, 0.25) is 0 Å². The lowest BCUT2D eigenvalue weighted by molar-refractivity contribution is 0.969. The van der Waals surface area contributed by atoms with Crippen molar-refractivity contribution in [1.82, 2.24) is 0 Å². The van der Waals surface area contributed by atoms with Gasteiger partial charge in [-0.25, -0.2) is 0 Å². The minimum Gasteiger partial charge on any atom is -0.330 e. The van der Waals surface area contributed by atoms with E-state index in [1.165, 1.54) is 5.56 Å². The minimum absolute atomic E-state index is 0.677.